The Bertz CT molecular complexity index is 4040. The second-order valence-electron chi connectivity index (χ2n) is 18.0. The molecule has 12 aromatic rings. The lowest BCUT2D eigenvalue weighted by atomic mass is 9.70. The zero-order valence-electron chi connectivity index (χ0n) is 37.1. The standard InChI is InChI=1S/C65H42N2O/c1-2-3-22-44(67-58-35-16-10-25-47(58)48-26-11-17-36-59(48)67)41-66(57-34-15-9-27-49(57)50-29-18-38-61-63(50)52-39-42-20-4-5-21-43(42)40-62(52)68-61)60-37-19-33-56-64(60)51-28-8-14-32-55(51)65(56)53-30-12-6-23-45(53)46-24-7-13-31-54(46)65/h2-41H,1H2/b22-3-,44-41-. The summed E-state index contributed by atoms with van der Waals surface area (Å²) >= 11 is 0. The molecule has 0 N–H and O–H groups in total. The summed E-state index contributed by atoms with van der Waals surface area (Å²) in [5, 5.41) is 6.94. The van der Waals surface area contributed by atoms with Crippen LogP contribution in [0.1, 0.15) is 22.3 Å². The molecule has 0 aliphatic heterocycles. The zero-order valence-corrected chi connectivity index (χ0v) is 37.1. The summed E-state index contributed by atoms with van der Waals surface area (Å²) in [6.07, 6.45) is 8.45. The van der Waals surface area contributed by atoms with E-state index < -0.39 is 5.41 Å². The highest BCUT2D eigenvalue weighted by Gasteiger charge is 2.52. The van der Waals surface area contributed by atoms with Crippen LogP contribution in [-0.4, -0.2) is 4.57 Å². The predicted octanol–water partition coefficient (Wildman–Crippen LogP) is 17.2. The Morgan fingerprint density at radius 1 is 0.456 bits per heavy atom. The van der Waals surface area contributed by atoms with Crippen molar-refractivity contribution in [1.82, 2.24) is 4.57 Å². The van der Waals surface area contributed by atoms with Crippen LogP contribution in [0.25, 0.3) is 93.6 Å². The fourth-order valence-electron chi connectivity index (χ4n) is 11.9. The van der Waals surface area contributed by atoms with E-state index in [4.69, 9.17) is 4.42 Å². The number of anilines is 2. The monoisotopic (exact) mass is 866 g/mol. The van der Waals surface area contributed by atoms with Crippen molar-refractivity contribution in [2.24, 2.45) is 0 Å². The Hall–Kier alpha value is -8.92. The lowest BCUT2D eigenvalue weighted by Crippen LogP contribution is -2.26. The maximum Gasteiger partial charge on any atom is 0.136 e. The molecule has 14 rings (SSSR count). The number of aromatic nitrogens is 1. The van der Waals surface area contributed by atoms with Crippen LogP contribution in [0.15, 0.2) is 254 Å². The molecule has 0 unspecified atom stereocenters. The molecule has 0 radical (unpaired) electrons. The van der Waals surface area contributed by atoms with Gasteiger partial charge in [0.2, 0.25) is 0 Å². The minimum atomic E-state index is -0.507. The van der Waals surface area contributed by atoms with Gasteiger partial charge in [0.25, 0.3) is 0 Å². The first-order valence-electron chi connectivity index (χ1n) is 23.4. The van der Waals surface area contributed by atoms with Crippen molar-refractivity contribution in [3.05, 3.63) is 272 Å². The molecule has 0 atom stereocenters. The van der Waals surface area contributed by atoms with E-state index in [-0.39, 0.29) is 0 Å². The molecule has 1 spiro atoms. The molecule has 0 saturated heterocycles. The van der Waals surface area contributed by atoms with Gasteiger partial charge in [-0.05, 0) is 104 Å². The first-order valence-corrected chi connectivity index (χ1v) is 23.4. The van der Waals surface area contributed by atoms with Gasteiger partial charge >= 0.3 is 0 Å². The average Bonchev–Trinajstić information content (AvgIpc) is 4.12. The summed E-state index contributed by atoms with van der Waals surface area (Å²) in [7, 11) is 0. The number of hydrogen-bond donors (Lipinski definition) is 0. The first kappa shape index (κ1) is 38.4. The zero-order chi connectivity index (χ0) is 44.9. The number of para-hydroxylation sites is 3. The summed E-state index contributed by atoms with van der Waals surface area (Å²) in [4.78, 5) is 2.46. The van der Waals surface area contributed by atoms with Crippen LogP contribution < -0.4 is 4.90 Å². The highest BCUT2D eigenvalue weighted by molar-refractivity contribution is 6.17. The van der Waals surface area contributed by atoms with Gasteiger partial charge in [-0.2, -0.15) is 0 Å². The van der Waals surface area contributed by atoms with Gasteiger partial charge in [0.1, 0.15) is 11.2 Å². The second kappa shape index (κ2) is 14.8. The molecular weight excluding hydrogens is 825 g/mol. The maximum atomic E-state index is 6.71. The third-order valence-corrected chi connectivity index (χ3v) is 14.6. The van der Waals surface area contributed by atoms with E-state index in [0.29, 0.717) is 0 Å². The van der Waals surface area contributed by atoms with Gasteiger partial charge in [-0.15, -0.1) is 0 Å². The van der Waals surface area contributed by atoms with E-state index in [1.165, 1.54) is 60.7 Å². The van der Waals surface area contributed by atoms with E-state index in [1.54, 1.807) is 0 Å². The van der Waals surface area contributed by atoms with Crippen molar-refractivity contribution in [1.29, 1.82) is 0 Å². The number of fused-ring (bicyclic) bond motifs is 17. The molecule has 0 amide bonds. The number of nitrogens with zero attached hydrogens (tertiary/aromatic N) is 2. The lowest BCUT2D eigenvalue weighted by molar-refractivity contribution is 0.669. The molecule has 2 heterocycles. The van der Waals surface area contributed by atoms with Crippen molar-refractivity contribution in [2.45, 2.75) is 5.41 Å². The topological polar surface area (TPSA) is 21.3 Å². The quantitative estimate of drug-likeness (QED) is 0.149. The molecule has 10 aromatic carbocycles. The van der Waals surface area contributed by atoms with Crippen LogP contribution in [0.4, 0.5) is 11.4 Å². The largest absolute Gasteiger partial charge is 0.456 e. The molecule has 0 bridgehead atoms. The van der Waals surface area contributed by atoms with Gasteiger partial charge in [0, 0.05) is 38.9 Å². The number of rotatable bonds is 7. The smallest absolute Gasteiger partial charge is 0.136 e. The van der Waals surface area contributed by atoms with Gasteiger partial charge in [-0.25, -0.2) is 0 Å². The van der Waals surface area contributed by atoms with Gasteiger partial charge in [-0.1, -0.05) is 195 Å². The van der Waals surface area contributed by atoms with E-state index in [0.717, 1.165) is 66.6 Å². The van der Waals surface area contributed by atoms with Gasteiger partial charge in [-0.3, -0.25) is 0 Å². The molecule has 2 aromatic heterocycles. The van der Waals surface area contributed by atoms with Crippen molar-refractivity contribution < 1.29 is 4.42 Å². The van der Waals surface area contributed by atoms with Crippen molar-refractivity contribution in [3.63, 3.8) is 0 Å². The maximum absolute atomic E-state index is 6.71. The predicted molar refractivity (Wildman–Crippen MR) is 285 cm³/mol. The highest BCUT2D eigenvalue weighted by Crippen LogP contribution is 2.64. The molecule has 68 heavy (non-hydrogen) atoms. The Morgan fingerprint density at radius 2 is 0.985 bits per heavy atom. The number of benzene rings is 10. The third kappa shape index (κ3) is 5.30. The number of furan rings is 1. The minimum absolute atomic E-state index is 0.507. The van der Waals surface area contributed by atoms with Crippen molar-refractivity contribution in [2.75, 3.05) is 4.90 Å². The molecule has 318 valence electrons. The SMILES string of the molecule is C=C/C=C\C(=C\N(c1ccccc1-c1cccc2oc3cc4ccccc4cc3c12)c1cccc2c1-c1ccccc1C21c2ccccc2-c2ccccc21)n1c2ccccc2c2ccccc21. The van der Waals surface area contributed by atoms with Gasteiger partial charge < -0.3 is 13.9 Å². The molecule has 2 aliphatic carbocycles. The van der Waals surface area contributed by atoms with Gasteiger partial charge in [0.15, 0.2) is 0 Å². The summed E-state index contributed by atoms with van der Waals surface area (Å²) < 4.78 is 9.11. The Kier molecular flexibility index (Phi) is 8.35. The summed E-state index contributed by atoms with van der Waals surface area (Å²) in [6.45, 7) is 4.16. The minimum Gasteiger partial charge on any atom is -0.456 e. The van der Waals surface area contributed by atoms with E-state index in [1.807, 2.05) is 12.2 Å². The third-order valence-electron chi connectivity index (χ3n) is 14.6. The molecule has 0 saturated carbocycles. The Balaban J connectivity index is 1.10. The number of hydrogen-bond acceptors (Lipinski definition) is 2. The molecular formula is C65H42N2O. The highest BCUT2D eigenvalue weighted by atomic mass is 16.3. The van der Waals surface area contributed by atoms with Crippen LogP contribution in [0.5, 0.6) is 0 Å². The van der Waals surface area contributed by atoms with Crippen LogP contribution in [0.2, 0.25) is 0 Å². The fourth-order valence-corrected chi connectivity index (χ4v) is 11.9. The van der Waals surface area contributed by atoms with Crippen LogP contribution in [0, 0.1) is 0 Å². The van der Waals surface area contributed by atoms with E-state index in [2.05, 4.69) is 247 Å². The van der Waals surface area contributed by atoms with Crippen molar-refractivity contribution >= 4 is 71.6 Å². The number of allylic oxidation sites excluding steroid dienone is 4. The van der Waals surface area contributed by atoms with E-state index >= 15 is 0 Å². The molecule has 0 fully saturated rings. The average molecular weight is 867 g/mol. The molecule has 3 nitrogen and oxygen atoms in total. The fraction of sp³-hybridized carbons (Fsp3) is 0.0154. The summed E-state index contributed by atoms with van der Waals surface area (Å²) in [5.74, 6) is 0. The van der Waals surface area contributed by atoms with Crippen LogP contribution in [-0.2, 0) is 5.41 Å². The second-order valence-corrected chi connectivity index (χ2v) is 18.0. The van der Waals surface area contributed by atoms with E-state index in [9.17, 15) is 0 Å². The van der Waals surface area contributed by atoms with Crippen LogP contribution >= 0.6 is 0 Å². The van der Waals surface area contributed by atoms with Gasteiger partial charge in [0.05, 0.1) is 33.5 Å². The Labute approximate surface area is 394 Å². The lowest BCUT2D eigenvalue weighted by Gasteiger charge is -2.31. The van der Waals surface area contributed by atoms with Crippen LogP contribution in [0.3, 0.4) is 0 Å². The summed E-state index contributed by atoms with van der Waals surface area (Å²) in [6, 6.07) is 79.9. The Morgan fingerprint density at radius 3 is 1.69 bits per heavy atom. The normalized spacial score (nSPS) is 13.5. The van der Waals surface area contributed by atoms with Crippen molar-refractivity contribution in [3.8, 4) is 33.4 Å². The summed E-state index contributed by atoms with van der Waals surface area (Å²) in [5.41, 5.74) is 19.0. The molecule has 3 heteroatoms. The molecule has 2 aliphatic rings. The first-order chi connectivity index (χ1) is 33.7.